The van der Waals surface area contributed by atoms with Crippen LogP contribution in [0.5, 0.6) is 5.75 Å². The standard InChI is InChI=1S/C13H14O/c1-10-6-3-4-9-14-12-8-5-7-11(2)13(10)12/h3-10H,1-2H3/b6-3-,9-4-. The summed E-state index contributed by atoms with van der Waals surface area (Å²) in [5.74, 6) is 1.38. The molecule has 0 fully saturated rings. The summed E-state index contributed by atoms with van der Waals surface area (Å²) in [6.45, 7) is 4.31. The van der Waals surface area contributed by atoms with Gasteiger partial charge in [0.1, 0.15) is 5.75 Å². The third-order valence-corrected chi connectivity index (χ3v) is 2.52. The second kappa shape index (κ2) is 3.70. The molecule has 0 amide bonds. The Morgan fingerprint density at radius 2 is 2.07 bits per heavy atom. The summed E-state index contributed by atoms with van der Waals surface area (Å²) in [5.41, 5.74) is 2.57. The quantitative estimate of drug-likeness (QED) is 0.602. The monoisotopic (exact) mass is 186 g/mol. The van der Waals surface area contributed by atoms with E-state index in [2.05, 4.69) is 26.0 Å². The van der Waals surface area contributed by atoms with E-state index in [1.165, 1.54) is 11.1 Å². The molecule has 72 valence electrons. The molecule has 1 heteroatoms. The SMILES string of the molecule is Cc1cccc2c1C(C)/C=C\C=C/O2. The lowest BCUT2D eigenvalue weighted by Crippen LogP contribution is -1.99. The topological polar surface area (TPSA) is 9.23 Å². The highest BCUT2D eigenvalue weighted by molar-refractivity contribution is 5.45. The van der Waals surface area contributed by atoms with E-state index in [-0.39, 0.29) is 0 Å². The number of allylic oxidation sites excluding steroid dienone is 3. The molecule has 0 bridgehead atoms. The molecule has 0 aliphatic carbocycles. The molecule has 1 aromatic rings. The normalized spacial score (nSPS) is 24.0. The van der Waals surface area contributed by atoms with Crippen molar-refractivity contribution in [2.24, 2.45) is 0 Å². The number of ether oxygens (including phenoxy) is 1. The highest BCUT2D eigenvalue weighted by Gasteiger charge is 2.12. The van der Waals surface area contributed by atoms with Crippen LogP contribution in [-0.2, 0) is 0 Å². The Bertz CT molecular complexity index is 388. The summed E-state index contributed by atoms with van der Waals surface area (Å²) in [6, 6.07) is 6.17. The molecule has 0 N–H and O–H groups in total. The maximum absolute atomic E-state index is 5.55. The number of hydrogen-bond donors (Lipinski definition) is 0. The molecule has 0 spiro atoms. The third-order valence-electron chi connectivity index (χ3n) is 2.52. The van der Waals surface area contributed by atoms with Crippen molar-refractivity contribution in [1.29, 1.82) is 0 Å². The van der Waals surface area contributed by atoms with Crippen LogP contribution in [0, 0.1) is 6.92 Å². The van der Waals surface area contributed by atoms with Gasteiger partial charge in [0.05, 0.1) is 6.26 Å². The zero-order chi connectivity index (χ0) is 9.97. The van der Waals surface area contributed by atoms with Gasteiger partial charge in [0, 0.05) is 11.5 Å². The third kappa shape index (κ3) is 1.58. The lowest BCUT2D eigenvalue weighted by atomic mass is 9.94. The predicted molar refractivity (Wildman–Crippen MR) is 58.5 cm³/mol. The van der Waals surface area contributed by atoms with Gasteiger partial charge < -0.3 is 4.74 Å². The van der Waals surface area contributed by atoms with Crippen molar-refractivity contribution in [2.45, 2.75) is 19.8 Å². The molecular formula is C13H14O. The van der Waals surface area contributed by atoms with Crippen molar-refractivity contribution in [3.05, 3.63) is 53.8 Å². The second-order valence-corrected chi connectivity index (χ2v) is 3.61. The maximum Gasteiger partial charge on any atom is 0.130 e. The zero-order valence-electron chi connectivity index (χ0n) is 8.53. The summed E-state index contributed by atoms with van der Waals surface area (Å²) in [6.07, 6.45) is 7.85. The van der Waals surface area contributed by atoms with Gasteiger partial charge in [-0.05, 0) is 24.6 Å². The van der Waals surface area contributed by atoms with Gasteiger partial charge >= 0.3 is 0 Å². The minimum Gasteiger partial charge on any atom is -0.465 e. The van der Waals surface area contributed by atoms with Crippen LogP contribution in [-0.4, -0.2) is 0 Å². The van der Waals surface area contributed by atoms with Crippen LogP contribution in [0.25, 0.3) is 0 Å². The average molecular weight is 186 g/mol. The van der Waals surface area contributed by atoms with Crippen LogP contribution in [0.3, 0.4) is 0 Å². The molecular weight excluding hydrogens is 172 g/mol. The lowest BCUT2D eigenvalue weighted by Gasteiger charge is -2.16. The molecule has 14 heavy (non-hydrogen) atoms. The molecule has 0 aromatic heterocycles. The summed E-state index contributed by atoms with van der Waals surface area (Å²) >= 11 is 0. The van der Waals surface area contributed by atoms with E-state index in [1.54, 1.807) is 6.26 Å². The number of benzene rings is 1. The fourth-order valence-corrected chi connectivity index (χ4v) is 1.83. The summed E-state index contributed by atoms with van der Waals surface area (Å²) in [5, 5.41) is 0. The number of fused-ring (bicyclic) bond motifs is 1. The van der Waals surface area contributed by atoms with Crippen LogP contribution in [0.15, 0.2) is 42.7 Å². The molecule has 0 radical (unpaired) electrons. The van der Waals surface area contributed by atoms with Crippen molar-refractivity contribution in [2.75, 3.05) is 0 Å². The minimum atomic E-state index is 0.413. The van der Waals surface area contributed by atoms with Gasteiger partial charge in [-0.1, -0.05) is 31.2 Å². The second-order valence-electron chi connectivity index (χ2n) is 3.61. The van der Waals surface area contributed by atoms with Crippen molar-refractivity contribution in [3.63, 3.8) is 0 Å². The number of hydrogen-bond acceptors (Lipinski definition) is 1. The molecule has 0 saturated carbocycles. The number of rotatable bonds is 0. The Hall–Kier alpha value is -1.50. The van der Waals surface area contributed by atoms with Crippen molar-refractivity contribution >= 4 is 0 Å². The molecule has 1 atom stereocenters. The average Bonchev–Trinajstić information content (AvgIpc) is 2.13. The highest BCUT2D eigenvalue weighted by atomic mass is 16.5. The van der Waals surface area contributed by atoms with Gasteiger partial charge in [0.15, 0.2) is 0 Å². The first-order valence-electron chi connectivity index (χ1n) is 4.88. The first-order chi connectivity index (χ1) is 6.79. The summed E-state index contributed by atoms with van der Waals surface area (Å²) < 4.78 is 5.55. The van der Waals surface area contributed by atoms with Gasteiger partial charge in [-0.3, -0.25) is 0 Å². The largest absolute Gasteiger partial charge is 0.465 e. The van der Waals surface area contributed by atoms with E-state index in [4.69, 9.17) is 4.74 Å². The van der Waals surface area contributed by atoms with Crippen LogP contribution in [0.2, 0.25) is 0 Å². The smallest absolute Gasteiger partial charge is 0.130 e. The van der Waals surface area contributed by atoms with E-state index >= 15 is 0 Å². The van der Waals surface area contributed by atoms with Crippen molar-refractivity contribution < 1.29 is 4.74 Å². The Morgan fingerprint density at radius 3 is 2.93 bits per heavy atom. The Balaban J connectivity index is 2.56. The Labute approximate surface area is 84.7 Å². The highest BCUT2D eigenvalue weighted by Crippen LogP contribution is 2.31. The van der Waals surface area contributed by atoms with E-state index < -0.39 is 0 Å². The van der Waals surface area contributed by atoms with Crippen molar-refractivity contribution in [3.8, 4) is 5.75 Å². The molecule has 0 saturated heterocycles. The van der Waals surface area contributed by atoms with Gasteiger partial charge in [-0.15, -0.1) is 0 Å². The van der Waals surface area contributed by atoms with Gasteiger partial charge in [0.2, 0.25) is 0 Å². The van der Waals surface area contributed by atoms with E-state index in [1.807, 2.05) is 24.3 Å². The summed E-state index contributed by atoms with van der Waals surface area (Å²) in [7, 11) is 0. The predicted octanol–water partition coefficient (Wildman–Crippen LogP) is 3.56. The van der Waals surface area contributed by atoms with Crippen LogP contribution in [0.4, 0.5) is 0 Å². The first kappa shape index (κ1) is 9.07. The van der Waals surface area contributed by atoms with Gasteiger partial charge in [-0.2, -0.15) is 0 Å². The Kier molecular flexibility index (Phi) is 2.40. The fourth-order valence-electron chi connectivity index (χ4n) is 1.83. The maximum atomic E-state index is 5.55. The van der Waals surface area contributed by atoms with E-state index in [0.29, 0.717) is 5.92 Å². The van der Waals surface area contributed by atoms with Gasteiger partial charge in [0.25, 0.3) is 0 Å². The first-order valence-corrected chi connectivity index (χ1v) is 4.88. The van der Waals surface area contributed by atoms with Crippen LogP contribution < -0.4 is 4.74 Å². The summed E-state index contributed by atoms with van der Waals surface area (Å²) in [4.78, 5) is 0. The van der Waals surface area contributed by atoms with Crippen LogP contribution in [0.1, 0.15) is 24.0 Å². The minimum absolute atomic E-state index is 0.413. The fraction of sp³-hybridized carbons (Fsp3) is 0.231. The molecule has 1 nitrogen and oxygen atoms in total. The molecule has 1 aliphatic heterocycles. The lowest BCUT2D eigenvalue weighted by molar-refractivity contribution is 0.471. The molecule has 2 rings (SSSR count). The number of aryl methyl sites for hydroxylation is 1. The molecule has 1 unspecified atom stereocenters. The van der Waals surface area contributed by atoms with E-state index in [9.17, 15) is 0 Å². The van der Waals surface area contributed by atoms with Crippen LogP contribution >= 0.6 is 0 Å². The zero-order valence-corrected chi connectivity index (χ0v) is 8.53. The molecule has 1 heterocycles. The van der Waals surface area contributed by atoms with E-state index in [0.717, 1.165) is 5.75 Å². The van der Waals surface area contributed by atoms with Crippen molar-refractivity contribution in [1.82, 2.24) is 0 Å². The molecule has 1 aliphatic rings. The van der Waals surface area contributed by atoms with Gasteiger partial charge in [-0.25, -0.2) is 0 Å². The molecule has 1 aromatic carbocycles. The Morgan fingerprint density at radius 1 is 1.21 bits per heavy atom.